The largest absolute Gasteiger partial charge is 0.384 e. The van der Waals surface area contributed by atoms with E-state index in [0.29, 0.717) is 21.8 Å². The molecule has 1 aliphatic heterocycles. The second-order valence-electron chi connectivity index (χ2n) is 4.68. The summed E-state index contributed by atoms with van der Waals surface area (Å²) in [7, 11) is 1.73. The molecule has 1 aromatic rings. The Hall–Kier alpha value is -0.750. The number of rotatable bonds is 4. The summed E-state index contributed by atoms with van der Waals surface area (Å²) in [5, 5.41) is 0.962. The number of nitrogens with one attached hydrogen (secondary N) is 1. The molecule has 7 heteroatoms. The lowest BCUT2D eigenvalue weighted by molar-refractivity contribution is 0.143. The maximum atomic E-state index is 6.23. The first-order valence-electron chi connectivity index (χ1n) is 6.22. The first kappa shape index (κ1) is 14.7. The van der Waals surface area contributed by atoms with E-state index < -0.39 is 0 Å². The molecule has 3 N–H and O–H groups in total. The van der Waals surface area contributed by atoms with Gasteiger partial charge in [0.1, 0.15) is 5.82 Å². The summed E-state index contributed by atoms with van der Waals surface area (Å²) in [4.78, 5) is 6.55. The summed E-state index contributed by atoms with van der Waals surface area (Å²) in [6.45, 7) is 2.56. The topological polar surface area (TPSA) is 63.4 Å². The van der Waals surface area contributed by atoms with Crippen molar-refractivity contribution < 1.29 is 4.74 Å². The number of hydrazine groups is 1. The summed E-state index contributed by atoms with van der Waals surface area (Å²) in [5.74, 6) is 7.06. The number of pyridine rings is 1. The van der Waals surface area contributed by atoms with E-state index in [1.807, 2.05) is 0 Å². The first-order chi connectivity index (χ1) is 9.15. The van der Waals surface area contributed by atoms with Crippen LogP contribution in [0.5, 0.6) is 0 Å². The second kappa shape index (κ2) is 6.61. The lowest BCUT2D eigenvalue weighted by atomic mass is 9.99. The number of hydrogen-bond acceptors (Lipinski definition) is 5. The molecule has 0 amide bonds. The zero-order chi connectivity index (χ0) is 13.8. The molecule has 2 heterocycles. The van der Waals surface area contributed by atoms with Crippen molar-refractivity contribution in [3.8, 4) is 0 Å². The predicted molar refractivity (Wildman–Crippen MR) is 78.9 cm³/mol. The van der Waals surface area contributed by atoms with Crippen molar-refractivity contribution in [1.82, 2.24) is 4.98 Å². The lowest BCUT2D eigenvalue weighted by Gasteiger charge is -2.34. The average molecular weight is 305 g/mol. The van der Waals surface area contributed by atoms with Crippen LogP contribution in [0.4, 0.5) is 11.6 Å². The Morgan fingerprint density at radius 3 is 3.00 bits per heavy atom. The highest BCUT2D eigenvalue weighted by atomic mass is 35.5. The van der Waals surface area contributed by atoms with Gasteiger partial charge >= 0.3 is 0 Å². The number of nitrogens with zero attached hydrogens (tertiary/aromatic N) is 2. The van der Waals surface area contributed by atoms with E-state index in [9.17, 15) is 0 Å². The highest BCUT2D eigenvalue weighted by Gasteiger charge is 2.23. The number of nitrogens with two attached hydrogens (primary N) is 1. The van der Waals surface area contributed by atoms with Gasteiger partial charge in [-0.25, -0.2) is 10.8 Å². The smallest absolute Gasteiger partial charge is 0.161 e. The first-order valence-corrected chi connectivity index (χ1v) is 6.97. The Bertz CT molecular complexity index is 442. The number of nitrogen functional groups attached to an aromatic ring is 1. The van der Waals surface area contributed by atoms with E-state index >= 15 is 0 Å². The summed E-state index contributed by atoms with van der Waals surface area (Å²) in [5.41, 5.74) is 2.49. The molecule has 2 rings (SSSR count). The number of piperidine rings is 1. The van der Waals surface area contributed by atoms with Crippen molar-refractivity contribution in [2.75, 3.05) is 37.1 Å². The maximum Gasteiger partial charge on any atom is 0.161 e. The van der Waals surface area contributed by atoms with Crippen LogP contribution in [0.25, 0.3) is 0 Å². The highest BCUT2D eigenvalue weighted by molar-refractivity contribution is 6.37. The molecule has 1 saturated heterocycles. The molecule has 0 spiro atoms. The number of aromatic nitrogens is 1. The van der Waals surface area contributed by atoms with E-state index in [1.165, 1.54) is 0 Å². The summed E-state index contributed by atoms with van der Waals surface area (Å²) in [6.07, 6.45) is 2.26. The number of methoxy groups -OCH3 is 1. The van der Waals surface area contributed by atoms with Gasteiger partial charge in [0, 0.05) is 20.2 Å². The van der Waals surface area contributed by atoms with Gasteiger partial charge in [-0.3, -0.25) is 0 Å². The van der Waals surface area contributed by atoms with E-state index in [4.69, 9.17) is 33.8 Å². The molecule has 1 unspecified atom stereocenters. The number of ether oxygens (including phenoxy) is 1. The minimum Gasteiger partial charge on any atom is -0.384 e. The third-order valence-corrected chi connectivity index (χ3v) is 3.83. The summed E-state index contributed by atoms with van der Waals surface area (Å²) < 4.78 is 5.23. The molecule has 1 aliphatic rings. The van der Waals surface area contributed by atoms with Gasteiger partial charge in [-0.05, 0) is 24.8 Å². The molecule has 0 radical (unpaired) electrons. The SMILES string of the molecule is COCC1CCCN(c2nc(NN)c(Cl)cc2Cl)C1. The molecular weight excluding hydrogens is 287 g/mol. The van der Waals surface area contributed by atoms with Crippen LogP contribution in [-0.2, 0) is 4.74 Å². The van der Waals surface area contributed by atoms with E-state index in [-0.39, 0.29) is 0 Å². The van der Waals surface area contributed by atoms with Crippen LogP contribution in [0.1, 0.15) is 12.8 Å². The third kappa shape index (κ3) is 3.42. The Morgan fingerprint density at radius 2 is 2.32 bits per heavy atom. The van der Waals surface area contributed by atoms with Gasteiger partial charge < -0.3 is 15.1 Å². The molecule has 19 heavy (non-hydrogen) atoms. The Labute approximate surface area is 123 Å². The number of anilines is 2. The fourth-order valence-corrected chi connectivity index (χ4v) is 2.94. The highest BCUT2D eigenvalue weighted by Crippen LogP contribution is 2.33. The zero-order valence-electron chi connectivity index (χ0n) is 10.8. The third-order valence-electron chi connectivity index (χ3n) is 3.27. The van der Waals surface area contributed by atoms with Gasteiger partial charge in [-0.15, -0.1) is 0 Å². The van der Waals surface area contributed by atoms with Crippen molar-refractivity contribution in [2.24, 2.45) is 11.8 Å². The van der Waals surface area contributed by atoms with E-state index in [2.05, 4.69) is 15.3 Å². The minimum absolute atomic E-state index is 0.418. The minimum atomic E-state index is 0.418. The van der Waals surface area contributed by atoms with Gasteiger partial charge in [-0.1, -0.05) is 23.2 Å². The van der Waals surface area contributed by atoms with E-state index in [1.54, 1.807) is 13.2 Å². The van der Waals surface area contributed by atoms with Gasteiger partial charge in [0.25, 0.3) is 0 Å². The number of halogens is 2. The monoisotopic (exact) mass is 304 g/mol. The Balaban J connectivity index is 2.20. The molecule has 5 nitrogen and oxygen atoms in total. The molecule has 106 valence electrons. The molecule has 1 aromatic heterocycles. The molecule has 0 saturated carbocycles. The normalized spacial score (nSPS) is 19.6. The van der Waals surface area contributed by atoms with Gasteiger partial charge in [0.05, 0.1) is 16.7 Å². The molecular formula is C12H18Cl2N4O. The summed E-state index contributed by atoms with van der Waals surface area (Å²) >= 11 is 12.2. The summed E-state index contributed by atoms with van der Waals surface area (Å²) in [6, 6.07) is 1.67. The average Bonchev–Trinajstić information content (AvgIpc) is 2.39. The molecule has 1 fully saturated rings. The van der Waals surface area contributed by atoms with Crippen molar-refractivity contribution in [3.05, 3.63) is 16.1 Å². The van der Waals surface area contributed by atoms with Crippen LogP contribution in [0, 0.1) is 5.92 Å². The van der Waals surface area contributed by atoms with E-state index in [0.717, 1.165) is 38.4 Å². The fourth-order valence-electron chi connectivity index (χ4n) is 2.41. The van der Waals surface area contributed by atoms with Crippen molar-refractivity contribution in [3.63, 3.8) is 0 Å². The van der Waals surface area contributed by atoms with Crippen LogP contribution in [0.3, 0.4) is 0 Å². The molecule has 0 bridgehead atoms. The second-order valence-corrected chi connectivity index (χ2v) is 5.49. The maximum absolute atomic E-state index is 6.23. The van der Waals surface area contributed by atoms with Crippen LogP contribution in [0.15, 0.2) is 6.07 Å². The van der Waals surface area contributed by atoms with Crippen LogP contribution < -0.4 is 16.2 Å². The fraction of sp³-hybridized carbons (Fsp3) is 0.583. The molecule has 1 atom stereocenters. The van der Waals surface area contributed by atoms with Crippen LogP contribution in [-0.4, -0.2) is 31.8 Å². The standard InChI is InChI=1S/C12H18Cl2N4O/c1-19-7-8-3-2-4-18(6-8)12-10(14)5-9(13)11(16-12)17-15/h5,8H,2-4,6-7,15H2,1H3,(H,16,17). The molecule has 0 aromatic carbocycles. The van der Waals surface area contributed by atoms with Crippen molar-refractivity contribution >= 4 is 34.8 Å². The van der Waals surface area contributed by atoms with Crippen LogP contribution in [0.2, 0.25) is 10.0 Å². The van der Waals surface area contributed by atoms with Crippen LogP contribution >= 0.6 is 23.2 Å². The lowest BCUT2D eigenvalue weighted by Crippen LogP contribution is -2.37. The van der Waals surface area contributed by atoms with Gasteiger partial charge in [0.15, 0.2) is 5.82 Å². The van der Waals surface area contributed by atoms with Crippen molar-refractivity contribution in [1.29, 1.82) is 0 Å². The number of hydrogen-bond donors (Lipinski definition) is 2. The Morgan fingerprint density at radius 1 is 1.53 bits per heavy atom. The molecule has 0 aliphatic carbocycles. The van der Waals surface area contributed by atoms with Gasteiger partial charge in [-0.2, -0.15) is 0 Å². The van der Waals surface area contributed by atoms with Gasteiger partial charge in [0.2, 0.25) is 0 Å². The zero-order valence-corrected chi connectivity index (χ0v) is 12.3. The van der Waals surface area contributed by atoms with Crippen molar-refractivity contribution in [2.45, 2.75) is 12.8 Å². The Kier molecular flexibility index (Phi) is 5.10. The quantitative estimate of drug-likeness (QED) is 0.661. The predicted octanol–water partition coefficient (Wildman–Crippen LogP) is 2.54.